The maximum Gasteiger partial charge on any atom is 0.212 e. The van der Waals surface area contributed by atoms with Gasteiger partial charge in [-0.05, 0) is 31.7 Å². The summed E-state index contributed by atoms with van der Waals surface area (Å²) in [5, 5.41) is 3.08. The second kappa shape index (κ2) is 6.66. The van der Waals surface area contributed by atoms with Crippen molar-refractivity contribution in [3.63, 3.8) is 0 Å². The fraction of sp³-hybridized carbons (Fsp3) is 0.500. The van der Waals surface area contributed by atoms with Gasteiger partial charge in [-0.3, -0.25) is 0 Å². The summed E-state index contributed by atoms with van der Waals surface area (Å²) in [5.74, 6) is -0.00470. The van der Waals surface area contributed by atoms with Crippen molar-refractivity contribution in [3.05, 3.63) is 29.8 Å². The van der Waals surface area contributed by atoms with Crippen LogP contribution in [0.5, 0.6) is 0 Å². The molecule has 0 aliphatic heterocycles. The lowest BCUT2D eigenvalue weighted by Gasteiger charge is -2.14. The first-order valence-electron chi connectivity index (χ1n) is 6.10. The first-order chi connectivity index (χ1) is 9.15. The first-order valence-corrected chi connectivity index (χ1v) is 9.65. The number of hydrogen-bond donors (Lipinski definition) is 2. The van der Waals surface area contributed by atoms with E-state index in [0.717, 1.165) is 11.8 Å². The lowest BCUT2D eigenvalue weighted by atomic mass is 10.1. The third-order valence-electron chi connectivity index (χ3n) is 2.94. The normalized spacial score (nSPS) is 14.2. The molecule has 1 rings (SSSR count). The average molecular weight is 320 g/mol. The summed E-state index contributed by atoms with van der Waals surface area (Å²) in [6, 6.07) is 6.48. The molecule has 0 aliphatic rings. The molecule has 0 bridgehead atoms. The SMILES string of the molecule is CNS(=O)(=O)CCNC(C)c1ccc(S(C)(=O)=O)cc1. The predicted octanol–water partition coefficient (Wildman–Crippen LogP) is 0.290. The van der Waals surface area contributed by atoms with Gasteiger partial charge in [-0.2, -0.15) is 0 Å². The third kappa shape index (κ3) is 5.20. The van der Waals surface area contributed by atoms with E-state index in [0.29, 0.717) is 6.54 Å². The molecule has 2 N–H and O–H groups in total. The van der Waals surface area contributed by atoms with Crippen LogP contribution < -0.4 is 10.0 Å². The van der Waals surface area contributed by atoms with Crippen LogP contribution in [0.4, 0.5) is 0 Å². The summed E-state index contributed by atoms with van der Waals surface area (Å²) in [4.78, 5) is 0.270. The third-order valence-corrected chi connectivity index (χ3v) is 5.43. The van der Waals surface area contributed by atoms with E-state index in [-0.39, 0.29) is 16.7 Å². The van der Waals surface area contributed by atoms with Gasteiger partial charge < -0.3 is 5.32 Å². The van der Waals surface area contributed by atoms with Crippen molar-refractivity contribution in [2.45, 2.75) is 17.9 Å². The lowest BCUT2D eigenvalue weighted by Crippen LogP contribution is -2.30. The lowest BCUT2D eigenvalue weighted by molar-refractivity contribution is 0.566. The minimum Gasteiger partial charge on any atom is -0.309 e. The van der Waals surface area contributed by atoms with E-state index in [1.807, 2.05) is 6.92 Å². The molecule has 0 amide bonds. The topological polar surface area (TPSA) is 92.3 Å². The molecular weight excluding hydrogens is 300 g/mol. The Morgan fingerprint density at radius 2 is 1.65 bits per heavy atom. The Hall–Kier alpha value is -0.960. The van der Waals surface area contributed by atoms with Gasteiger partial charge in [0, 0.05) is 18.8 Å². The fourth-order valence-corrected chi connectivity index (χ4v) is 2.85. The molecule has 1 aromatic carbocycles. The Kier molecular flexibility index (Phi) is 5.69. The van der Waals surface area contributed by atoms with Crippen molar-refractivity contribution < 1.29 is 16.8 Å². The van der Waals surface area contributed by atoms with Gasteiger partial charge in [0.25, 0.3) is 0 Å². The quantitative estimate of drug-likeness (QED) is 0.753. The Morgan fingerprint density at radius 1 is 1.10 bits per heavy atom. The summed E-state index contributed by atoms with van der Waals surface area (Å²) < 4.78 is 47.4. The van der Waals surface area contributed by atoms with E-state index in [4.69, 9.17) is 0 Å². The van der Waals surface area contributed by atoms with Crippen LogP contribution >= 0.6 is 0 Å². The van der Waals surface area contributed by atoms with Gasteiger partial charge in [0.05, 0.1) is 10.6 Å². The van der Waals surface area contributed by atoms with Crippen molar-refractivity contribution in [1.82, 2.24) is 10.0 Å². The number of nitrogens with one attached hydrogen (secondary N) is 2. The Balaban J connectivity index is 2.63. The Bertz CT molecular complexity index is 637. The van der Waals surface area contributed by atoms with Crippen LogP contribution in [0.1, 0.15) is 18.5 Å². The minimum absolute atomic E-state index is 0.00470. The molecule has 0 aliphatic carbocycles. The zero-order valence-electron chi connectivity index (χ0n) is 11.8. The van der Waals surface area contributed by atoms with E-state index >= 15 is 0 Å². The summed E-state index contributed by atoms with van der Waals surface area (Å²) in [5.41, 5.74) is 0.902. The van der Waals surface area contributed by atoms with Crippen LogP contribution in [0.2, 0.25) is 0 Å². The molecule has 6 nitrogen and oxygen atoms in total. The summed E-state index contributed by atoms with van der Waals surface area (Å²) >= 11 is 0. The monoisotopic (exact) mass is 320 g/mol. The van der Waals surface area contributed by atoms with Gasteiger partial charge in [0.15, 0.2) is 9.84 Å². The van der Waals surface area contributed by atoms with Gasteiger partial charge in [0.2, 0.25) is 10.0 Å². The maximum absolute atomic E-state index is 11.3. The predicted molar refractivity (Wildman–Crippen MR) is 78.8 cm³/mol. The molecule has 0 saturated heterocycles. The van der Waals surface area contributed by atoms with Crippen molar-refractivity contribution in [2.24, 2.45) is 0 Å². The van der Waals surface area contributed by atoms with E-state index in [1.165, 1.54) is 7.05 Å². The maximum atomic E-state index is 11.3. The molecule has 20 heavy (non-hydrogen) atoms. The highest BCUT2D eigenvalue weighted by Crippen LogP contribution is 2.15. The van der Waals surface area contributed by atoms with Gasteiger partial charge >= 0.3 is 0 Å². The van der Waals surface area contributed by atoms with Gasteiger partial charge in [-0.25, -0.2) is 21.6 Å². The van der Waals surface area contributed by atoms with E-state index in [2.05, 4.69) is 10.0 Å². The number of rotatable bonds is 7. The molecule has 0 heterocycles. The highest BCUT2D eigenvalue weighted by atomic mass is 32.2. The molecule has 8 heteroatoms. The van der Waals surface area contributed by atoms with Crippen molar-refractivity contribution in [2.75, 3.05) is 25.6 Å². The summed E-state index contributed by atoms with van der Waals surface area (Å²) in [6.07, 6.45) is 1.16. The highest BCUT2D eigenvalue weighted by Gasteiger charge is 2.11. The molecule has 1 atom stereocenters. The van der Waals surface area contributed by atoms with Crippen LogP contribution in [0.15, 0.2) is 29.2 Å². The second-order valence-corrected chi connectivity index (χ2v) is 8.60. The van der Waals surface area contributed by atoms with Crippen molar-refractivity contribution >= 4 is 19.9 Å². The van der Waals surface area contributed by atoms with E-state index < -0.39 is 19.9 Å². The standard InChI is InChI=1S/C12H20N2O4S2/c1-10(14-8-9-20(17,18)13-2)11-4-6-12(7-5-11)19(3,15)16/h4-7,10,13-14H,8-9H2,1-3H3. The number of hydrogen-bond acceptors (Lipinski definition) is 5. The molecule has 0 aromatic heterocycles. The van der Waals surface area contributed by atoms with Crippen LogP contribution in [0, 0.1) is 0 Å². The zero-order chi connectivity index (χ0) is 15.4. The van der Waals surface area contributed by atoms with E-state index in [1.54, 1.807) is 24.3 Å². The Labute approximate surface area is 120 Å². The highest BCUT2D eigenvalue weighted by molar-refractivity contribution is 7.90. The van der Waals surface area contributed by atoms with Gasteiger partial charge in [-0.15, -0.1) is 0 Å². The van der Waals surface area contributed by atoms with Crippen LogP contribution in [-0.4, -0.2) is 42.4 Å². The summed E-state index contributed by atoms with van der Waals surface area (Å²) in [7, 11) is -5.03. The number of sulfonamides is 1. The van der Waals surface area contributed by atoms with Crippen molar-refractivity contribution in [3.8, 4) is 0 Å². The first kappa shape index (κ1) is 17.1. The van der Waals surface area contributed by atoms with E-state index in [9.17, 15) is 16.8 Å². The second-order valence-electron chi connectivity index (χ2n) is 4.54. The largest absolute Gasteiger partial charge is 0.309 e. The van der Waals surface area contributed by atoms with Crippen LogP contribution in [0.25, 0.3) is 0 Å². The smallest absolute Gasteiger partial charge is 0.212 e. The van der Waals surface area contributed by atoms with Crippen LogP contribution in [0.3, 0.4) is 0 Å². The molecule has 1 aromatic rings. The molecule has 0 fully saturated rings. The molecule has 0 spiro atoms. The van der Waals surface area contributed by atoms with Crippen molar-refractivity contribution in [1.29, 1.82) is 0 Å². The molecule has 114 valence electrons. The molecule has 0 radical (unpaired) electrons. The number of sulfone groups is 1. The minimum atomic E-state index is -3.22. The van der Waals surface area contributed by atoms with Gasteiger partial charge in [0.1, 0.15) is 0 Å². The molecule has 0 saturated carbocycles. The molecular formula is C12H20N2O4S2. The number of benzene rings is 1. The average Bonchev–Trinajstić information content (AvgIpc) is 2.37. The Morgan fingerprint density at radius 3 is 2.10 bits per heavy atom. The zero-order valence-corrected chi connectivity index (χ0v) is 13.4. The molecule has 1 unspecified atom stereocenters. The summed E-state index contributed by atoms with van der Waals surface area (Å²) in [6.45, 7) is 2.21. The fourth-order valence-electron chi connectivity index (χ4n) is 1.63. The van der Waals surface area contributed by atoms with Crippen LogP contribution in [-0.2, 0) is 19.9 Å². The van der Waals surface area contributed by atoms with Gasteiger partial charge in [-0.1, -0.05) is 12.1 Å².